The van der Waals surface area contributed by atoms with Crippen molar-refractivity contribution in [1.82, 2.24) is 20.3 Å². The molecule has 0 radical (unpaired) electrons. The summed E-state index contributed by atoms with van der Waals surface area (Å²) in [6.45, 7) is 7.40. The van der Waals surface area contributed by atoms with Crippen LogP contribution in [0.4, 0.5) is 0 Å². The van der Waals surface area contributed by atoms with E-state index in [1.54, 1.807) is 45.0 Å². The number of benzene rings is 1. The lowest BCUT2D eigenvalue weighted by atomic mass is 9.95. The highest BCUT2D eigenvalue weighted by atomic mass is 127. The van der Waals surface area contributed by atoms with Crippen LogP contribution in [0.15, 0.2) is 29.2 Å². The molecule has 154 valence electrons. The van der Waals surface area contributed by atoms with E-state index in [4.69, 9.17) is 0 Å². The number of fused-ring (bicyclic) bond motifs is 1. The fraction of sp³-hybridized carbons (Fsp3) is 0.556. The Kier molecular flexibility index (Phi) is 5.78. The van der Waals surface area contributed by atoms with Crippen molar-refractivity contribution in [2.75, 3.05) is 6.54 Å². The maximum Gasteiger partial charge on any atom is 0.244 e. The SMILES string of the molecule is Cc1ccc(S(=O)(=O)N2CC(I)C3C(=O)NC(NC(=O)C(C)(C)C)NC32)cc1. The summed E-state index contributed by atoms with van der Waals surface area (Å²) in [6, 6.07) is 6.63. The van der Waals surface area contributed by atoms with E-state index < -0.39 is 33.8 Å². The van der Waals surface area contributed by atoms with Crippen molar-refractivity contribution in [3.8, 4) is 0 Å². The minimum Gasteiger partial charge on any atom is -0.323 e. The summed E-state index contributed by atoms with van der Waals surface area (Å²) in [6.07, 6.45) is -1.56. The molecule has 2 amide bonds. The van der Waals surface area contributed by atoms with Crippen LogP contribution in [0.3, 0.4) is 0 Å². The van der Waals surface area contributed by atoms with E-state index in [9.17, 15) is 18.0 Å². The smallest absolute Gasteiger partial charge is 0.244 e. The predicted octanol–water partition coefficient (Wildman–Crippen LogP) is 0.911. The normalized spacial score (nSPS) is 28.5. The van der Waals surface area contributed by atoms with Crippen LogP contribution >= 0.6 is 22.6 Å². The third-order valence-electron chi connectivity index (χ3n) is 4.91. The van der Waals surface area contributed by atoms with E-state index >= 15 is 0 Å². The van der Waals surface area contributed by atoms with Gasteiger partial charge in [0.05, 0.1) is 17.0 Å². The molecule has 0 saturated carbocycles. The lowest BCUT2D eigenvalue weighted by molar-refractivity contribution is -0.134. The molecule has 2 aliphatic rings. The van der Waals surface area contributed by atoms with Gasteiger partial charge < -0.3 is 10.6 Å². The van der Waals surface area contributed by atoms with Gasteiger partial charge in [0, 0.05) is 15.9 Å². The van der Waals surface area contributed by atoms with E-state index in [1.165, 1.54) is 4.31 Å². The largest absolute Gasteiger partial charge is 0.323 e. The Balaban J connectivity index is 1.87. The van der Waals surface area contributed by atoms with Crippen LogP contribution in [-0.4, -0.2) is 47.5 Å². The highest BCUT2D eigenvalue weighted by molar-refractivity contribution is 14.1. The van der Waals surface area contributed by atoms with Crippen molar-refractivity contribution in [2.45, 2.75) is 49.0 Å². The lowest BCUT2D eigenvalue weighted by Gasteiger charge is -2.38. The zero-order valence-electron chi connectivity index (χ0n) is 16.2. The van der Waals surface area contributed by atoms with Gasteiger partial charge in [-0.3, -0.25) is 14.9 Å². The summed E-state index contributed by atoms with van der Waals surface area (Å²) in [7, 11) is -3.79. The molecule has 3 rings (SSSR count). The summed E-state index contributed by atoms with van der Waals surface area (Å²) in [5.41, 5.74) is 0.323. The number of amides is 2. The zero-order valence-corrected chi connectivity index (χ0v) is 19.2. The monoisotopic (exact) mass is 520 g/mol. The molecule has 28 heavy (non-hydrogen) atoms. The third-order valence-corrected chi connectivity index (χ3v) is 7.94. The number of nitrogens with one attached hydrogen (secondary N) is 3. The standard InChI is InChI=1S/C18H25IN4O4S/c1-10-5-7-11(8-6-10)28(26,27)23-9-12(19)13-14(23)20-17(21-15(13)24)22-16(25)18(2,3)4/h5-8,12-14,17,20H,9H2,1-4H3,(H,21,24)(H,22,25). The Morgan fingerprint density at radius 1 is 1.25 bits per heavy atom. The Morgan fingerprint density at radius 2 is 1.86 bits per heavy atom. The summed E-state index contributed by atoms with van der Waals surface area (Å²) in [4.78, 5) is 25.1. The van der Waals surface area contributed by atoms with Crippen molar-refractivity contribution >= 4 is 44.4 Å². The van der Waals surface area contributed by atoms with E-state index in [0.29, 0.717) is 0 Å². The number of aryl methyl sites for hydroxylation is 1. The summed E-state index contributed by atoms with van der Waals surface area (Å²) < 4.78 is 27.6. The van der Waals surface area contributed by atoms with Gasteiger partial charge in [0.15, 0.2) is 6.29 Å². The van der Waals surface area contributed by atoms with Crippen molar-refractivity contribution in [3.63, 3.8) is 0 Å². The number of alkyl halides is 1. The maximum atomic E-state index is 13.2. The fourth-order valence-electron chi connectivity index (χ4n) is 3.24. The molecule has 1 aromatic carbocycles. The van der Waals surface area contributed by atoms with E-state index in [1.807, 2.05) is 6.92 Å². The van der Waals surface area contributed by atoms with Gasteiger partial charge in [-0.15, -0.1) is 0 Å². The second kappa shape index (κ2) is 7.54. The number of rotatable bonds is 3. The molecule has 0 bridgehead atoms. The first-order chi connectivity index (χ1) is 12.9. The predicted molar refractivity (Wildman–Crippen MR) is 113 cm³/mol. The van der Waals surface area contributed by atoms with Gasteiger partial charge in [-0.1, -0.05) is 61.1 Å². The van der Waals surface area contributed by atoms with Crippen LogP contribution in [0.5, 0.6) is 0 Å². The Bertz CT molecular complexity index is 882. The number of hydrogen-bond donors (Lipinski definition) is 3. The molecule has 8 nitrogen and oxygen atoms in total. The Labute approximate surface area is 179 Å². The first-order valence-corrected chi connectivity index (χ1v) is 11.7. The highest BCUT2D eigenvalue weighted by Gasteiger charge is 2.53. The molecule has 2 fully saturated rings. The van der Waals surface area contributed by atoms with Crippen molar-refractivity contribution in [3.05, 3.63) is 29.8 Å². The lowest BCUT2D eigenvalue weighted by Crippen LogP contribution is -2.70. The van der Waals surface area contributed by atoms with Gasteiger partial charge in [0.1, 0.15) is 0 Å². The number of sulfonamides is 1. The molecule has 2 heterocycles. The van der Waals surface area contributed by atoms with Gasteiger partial charge in [0.25, 0.3) is 0 Å². The van der Waals surface area contributed by atoms with Gasteiger partial charge >= 0.3 is 0 Å². The van der Waals surface area contributed by atoms with Crippen LogP contribution in [0.2, 0.25) is 0 Å². The van der Waals surface area contributed by atoms with Gasteiger partial charge in [-0.05, 0) is 19.1 Å². The highest BCUT2D eigenvalue weighted by Crippen LogP contribution is 2.35. The molecule has 1 aromatic rings. The molecule has 2 saturated heterocycles. The minimum atomic E-state index is -3.79. The molecule has 0 spiro atoms. The zero-order chi connectivity index (χ0) is 20.9. The van der Waals surface area contributed by atoms with Crippen LogP contribution < -0.4 is 16.0 Å². The second-order valence-electron chi connectivity index (χ2n) is 8.21. The van der Waals surface area contributed by atoms with Crippen LogP contribution in [0.1, 0.15) is 26.3 Å². The molecule has 3 N–H and O–H groups in total. The maximum absolute atomic E-state index is 13.2. The third kappa shape index (κ3) is 4.05. The van der Waals surface area contributed by atoms with Gasteiger partial charge in [0.2, 0.25) is 21.8 Å². The molecule has 4 unspecified atom stereocenters. The molecule has 2 aliphatic heterocycles. The van der Waals surface area contributed by atoms with E-state index in [-0.39, 0.29) is 27.2 Å². The topological polar surface area (TPSA) is 108 Å². The van der Waals surface area contributed by atoms with Crippen LogP contribution in [0, 0.1) is 18.3 Å². The number of carbonyl (C=O) groups is 2. The van der Waals surface area contributed by atoms with Gasteiger partial charge in [-0.2, -0.15) is 4.31 Å². The van der Waals surface area contributed by atoms with Crippen molar-refractivity contribution in [2.24, 2.45) is 11.3 Å². The van der Waals surface area contributed by atoms with E-state index in [2.05, 4.69) is 38.5 Å². The summed E-state index contributed by atoms with van der Waals surface area (Å²) in [5, 5.41) is 8.56. The minimum absolute atomic E-state index is 0.186. The average molecular weight is 520 g/mol. The molecule has 0 aromatic heterocycles. The first-order valence-electron chi connectivity index (χ1n) is 9.01. The van der Waals surface area contributed by atoms with Crippen molar-refractivity contribution in [1.29, 1.82) is 0 Å². The summed E-state index contributed by atoms with van der Waals surface area (Å²) in [5.74, 6) is -1.06. The molecule has 4 atom stereocenters. The fourth-order valence-corrected chi connectivity index (χ4v) is 6.25. The average Bonchev–Trinajstić information content (AvgIpc) is 2.92. The first kappa shape index (κ1) is 21.5. The van der Waals surface area contributed by atoms with Crippen LogP contribution in [-0.2, 0) is 19.6 Å². The number of nitrogens with zero attached hydrogens (tertiary/aromatic N) is 1. The molecule has 10 heteroatoms. The molecule has 0 aliphatic carbocycles. The van der Waals surface area contributed by atoms with Gasteiger partial charge in [-0.25, -0.2) is 8.42 Å². The quantitative estimate of drug-likeness (QED) is 0.406. The number of carbonyl (C=O) groups excluding carboxylic acids is 2. The Morgan fingerprint density at radius 3 is 2.43 bits per heavy atom. The number of hydrogen-bond acceptors (Lipinski definition) is 5. The number of halogens is 1. The van der Waals surface area contributed by atoms with Crippen LogP contribution in [0.25, 0.3) is 0 Å². The molecular formula is C18H25IN4O4S. The van der Waals surface area contributed by atoms with E-state index in [0.717, 1.165) is 5.56 Å². The Hall–Kier alpha value is -1.24. The second-order valence-corrected chi connectivity index (χ2v) is 11.7. The molecular weight excluding hydrogens is 495 g/mol. The van der Waals surface area contributed by atoms with Crippen molar-refractivity contribution < 1.29 is 18.0 Å². The summed E-state index contributed by atoms with van der Waals surface area (Å²) >= 11 is 2.11.